The Labute approximate surface area is 286 Å². The molecule has 1 aromatic carbocycles. The molecule has 1 N–H and O–H groups in total. The number of carbonyl (C=O) groups is 1. The van der Waals surface area contributed by atoms with Crippen LogP contribution in [0, 0.1) is 5.82 Å². The molecule has 48 heavy (non-hydrogen) atoms. The lowest BCUT2D eigenvalue weighted by molar-refractivity contribution is -0.143. The third-order valence-electron chi connectivity index (χ3n) is 8.73. The number of benzene rings is 1. The van der Waals surface area contributed by atoms with Crippen molar-refractivity contribution in [3.05, 3.63) is 45.8 Å². The fourth-order valence-corrected chi connectivity index (χ4v) is 7.58. The number of ether oxygens (including phenoxy) is 2. The summed E-state index contributed by atoms with van der Waals surface area (Å²) in [5, 5.41) is 2.88. The van der Waals surface area contributed by atoms with E-state index in [1.54, 1.807) is 14.0 Å². The maximum absolute atomic E-state index is 16.1. The summed E-state index contributed by atoms with van der Waals surface area (Å²) in [7, 11) is 1.59. The Morgan fingerprint density at radius 2 is 1.96 bits per heavy atom. The smallest absolute Gasteiger partial charge is 0.417 e. The van der Waals surface area contributed by atoms with Crippen LogP contribution in [0.2, 0.25) is 5.02 Å². The zero-order valence-electron chi connectivity index (χ0n) is 27.2. The van der Waals surface area contributed by atoms with Crippen LogP contribution in [0.3, 0.4) is 0 Å². The quantitative estimate of drug-likeness (QED) is 0.154. The van der Waals surface area contributed by atoms with Crippen LogP contribution in [0.15, 0.2) is 24.5 Å². The number of halogens is 5. The standard InChI is InChI=1S/C32H40ClF4N7O3S/c1-4-21-7-6-11-43(21)17-25-28(20-8-9-24(33)23(15-20)32(35,36)37)40-31(48-25)41-29-27(34)30(39-19-38-29)44-14-13-42(22(16-44)18-46-3)12-10-26(45)47-5-2/h8-9,15,19,21-22H,4-7,10-14,16-18H2,1-3H3,(H,38,39,40,41)/t21-,22+/m1/s1. The number of alkyl halides is 3. The van der Waals surface area contributed by atoms with E-state index >= 15 is 4.39 Å². The van der Waals surface area contributed by atoms with E-state index in [2.05, 4.69) is 37.0 Å². The Morgan fingerprint density at radius 3 is 2.69 bits per heavy atom. The first-order valence-corrected chi connectivity index (χ1v) is 17.2. The number of rotatable bonds is 13. The second-order valence-electron chi connectivity index (χ2n) is 11.8. The molecule has 2 atom stereocenters. The van der Waals surface area contributed by atoms with Crippen LogP contribution in [0.5, 0.6) is 0 Å². The van der Waals surface area contributed by atoms with Crippen molar-refractivity contribution >= 4 is 45.7 Å². The number of carbonyl (C=O) groups excluding carboxylic acids is 1. The van der Waals surface area contributed by atoms with Gasteiger partial charge in [0.15, 0.2) is 16.8 Å². The molecular formula is C32H40ClF4N7O3S. The number of hydrogen-bond donors (Lipinski definition) is 1. The van der Waals surface area contributed by atoms with Gasteiger partial charge in [-0.05, 0) is 44.9 Å². The summed E-state index contributed by atoms with van der Waals surface area (Å²) in [5.41, 5.74) is -0.295. The zero-order valence-corrected chi connectivity index (χ0v) is 28.7. The highest BCUT2D eigenvalue weighted by Crippen LogP contribution is 2.41. The van der Waals surface area contributed by atoms with E-state index in [9.17, 15) is 18.0 Å². The highest BCUT2D eigenvalue weighted by Gasteiger charge is 2.35. The lowest BCUT2D eigenvalue weighted by Gasteiger charge is -2.41. The number of aromatic nitrogens is 3. The van der Waals surface area contributed by atoms with Gasteiger partial charge in [-0.2, -0.15) is 17.6 Å². The van der Waals surface area contributed by atoms with E-state index in [1.165, 1.54) is 29.8 Å². The first-order chi connectivity index (χ1) is 23.0. The molecule has 2 aromatic heterocycles. The summed E-state index contributed by atoms with van der Waals surface area (Å²) in [5.74, 6) is -0.946. The van der Waals surface area contributed by atoms with Gasteiger partial charge in [-0.15, -0.1) is 0 Å². The Balaban J connectivity index is 1.40. The molecule has 5 rings (SSSR count). The van der Waals surface area contributed by atoms with E-state index < -0.39 is 22.6 Å². The summed E-state index contributed by atoms with van der Waals surface area (Å²) in [6.07, 6.45) is -0.0862. The molecule has 2 saturated heterocycles. The fourth-order valence-electron chi connectivity index (χ4n) is 6.35. The van der Waals surface area contributed by atoms with Crippen molar-refractivity contribution in [1.82, 2.24) is 24.8 Å². The van der Waals surface area contributed by atoms with Gasteiger partial charge in [-0.1, -0.05) is 35.9 Å². The van der Waals surface area contributed by atoms with Gasteiger partial charge in [0.25, 0.3) is 0 Å². The molecule has 2 aliphatic rings. The highest BCUT2D eigenvalue weighted by atomic mass is 35.5. The van der Waals surface area contributed by atoms with Crippen LogP contribution in [-0.4, -0.2) is 95.9 Å². The third kappa shape index (κ3) is 8.54. The number of thiazole rings is 1. The number of hydrogen-bond acceptors (Lipinski definition) is 11. The van der Waals surface area contributed by atoms with Crippen LogP contribution in [-0.2, 0) is 27.0 Å². The molecular weight excluding hydrogens is 674 g/mol. The van der Waals surface area contributed by atoms with Crippen molar-refractivity contribution < 1.29 is 31.8 Å². The van der Waals surface area contributed by atoms with Crippen molar-refractivity contribution in [3.63, 3.8) is 0 Å². The maximum Gasteiger partial charge on any atom is 0.417 e. The van der Waals surface area contributed by atoms with Gasteiger partial charge in [0.05, 0.1) is 42.0 Å². The van der Waals surface area contributed by atoms with Crippen LogP contribution in [0.1, 0.15) is 50.0 Å². The molecule has 4 heterocycles. The zero-order chi connectivity index (χ0) is 34.4. The number of nitrogens with zero attached hydrogens (tertiary/aromatic N) is 6. The normalized spacial score (nSPS) is 19.2. The van der Waals surface area contributed by atoms with E-state index in [0.717, 1.165) is 36.8 Å². The van der Waals surface area contributed by atoms with Crippen LogP contribution < -0.4 is 10.2 Å². The number of piperazine rings is 1. The Kier molecular flexibility index (Phi) is 12.1. The topological polar surface area (TPSA) is 96.0 Å². The first kappa shape index (κ1) is 36.2. The largest absolute Gasteiger partial charge is 0.466 e. The van der Waals surface area contributed by atoms with Crippen molar-refractivity contribution in [2.24, 2.45) is 0 Å². The molecule has 10 nitrogen and oxygen atoms in total. The molecule has 0 aliphatic carbocycles. The van der Waals surface area contributed by atoms with Crippen molar-refractivity contribution in [3.8, 4) is 11.3 Å². The first-order valence-electron chi connectivity index (χ1n) is 16.0. The summed E-state index contributed by atoms with van der Waals surface area (Å²) in [4.78, 5) is 32.0. The highest BCUT2D eigenvalue weighted by molar-refractivity contribution is 7.16. The molecule has 2 aliphatic heterocycles. The van der Waals surface area contributed by atoms with Crippen molar-refractivity contribution in [2.45, 2.75) is 64.3 Å². The Morgan fingerprint density at radius 1 is 1.15 bits per heavy atom. The summed E-state index contributed by atoms with van der Waals surface area (Å²) >= 11 is 7.18. The van der Waals surface area contributed by atoms with E-state index in [0.29, 0.717) is 62.8 Å². The Hall–Kier alpha value is -3.11. The molecule has 262 valence electrons. The van der Waals surface area contributed by atoms with E-state index in [1.807, 2.05) is 4.90 Å². The average Bonchev–Trinajstić information content (AvgIpc) is 3.68. The number of likely N-dealkylation sites (tertiary alicyclic amines) is 1. The van der Waals surface area contributed by atoms with Gasteiger partial charge in [-0.25, -0.2) is 15.0 Å². The van der Waals surface area contributed by atoms with Gasteiger partial charge >= 0.3 is 12.1 Å². The minimum Gasteiger partial charge on any atom is -0.466 e. The predicted molar refractivity (Wildman–Crippen MR) is 177 cm³/mol. The molecule has 16 heteroatoms. The lowest BCUT2D eigenvalue weighted by Crippen LogP contribution is -2.55. The fraction of sp³-hybridized carbons (Fsp3) is 0.562. The monoisotopic (exact) mass is 713 g/mol. The van der Waals surface area contributed by atoms with Gasteiger partial charge in [0, 0.05) is 56.3 Å². The number of nitrogens with one attached hydrogen (secondary N) is 1. The average molecular weight is 714 g/mol. The lowest BCUT2D eigenvalue weighted by atomic mass is 10.1. The molecule has 0 spiro atoms. The number of anilines is 3. The second kappa shape index (κ2) is 16.1. The summed E-state index contributed by atoms with van der Waals surface area (Å²) in [6.45, 7) is 7.84. The number of methoxy groups -OCH3 is 1. The van der Waals surface area contributed by atoms with Crippen molar-refractivity contribution in [2.75, 3.05) is 63.3 Å². The van der Waals surface area contributed by atoms with Gasteiger partial charge in [0.1, 0.15) is 6.33 Å². The molecule has 0 amide bonds. The van der Waals surface area contributed by atoms with E-state index in [4.69, 9.17) is 21.1 Å². The minimum atomic E-state index is -4.64. The molecule has 0 unspecified atom stereocenters. The van der Waals surface area contributed by atoms with Crippen LogP contribution in [0.25, 0.3) is 11.3 Å². The van der Waals surface area contributed by atoms with Gasteiger partial charge in [-0.3, -0.25) is 14.6 Å². The van der Waals surface area contributed by atoms with E-state index in [-0.39, 0.29) is 35.6 Å². The molecule has 0 bridgehead atoms. The SMILES string of the molecule is CCOC(=O)CCN1CCN(c2ncnc(Nc3nc(-c4ccc(Cl)c(C(F)(F)F)c4)c(CN4CCC[C@H]4CC)s3)c2F)C[C@H]1COC. The number of esters is 1. The van der Waals surface area contributed by atoms with Gasteiger partial charge in [0.2, 0.25) is 5.82 Å². The summed E-state index contributed by atoms with van der Waals surface area (Å²) in [6, 6.07) is 4.00. The van der Waals surface area contributed by atoms with Gasteiger partial charge < -0.3 is 19.7 Å². The molecule has 3 aromatic rings. The molecule has 0 saturated carbocycles. The minimum absolute atomic E-state index is 0.0976. The summed E-state index contributed by atoms with van der Waals surface area (Å²) < 4.78 is 67.9. The van der Waals surface area contributed by atoms with Crippen LogP contribution >= 0.6 is 22.9 Å². The van der Waals surface area contributed by atoms with Crippen molar-refractivity contribution in [1.29, 1.82) is 0 Å². The third-order valence-corrected chi connectivity index (χ3v) is 10.0. The Bertz CT molecular complexity index is 1560. The molecule has 0 radical (unpaired) electrons. The second-order valence-corrected chi connectivity index (χ2v) is 13.3. The van der Waals surface area contributed by atoms with Crippen LogP contribution in [0.4, 0.5) is 34.3 Å². The maximum atomic E-state index is 16.1. The molecule has 2 fully saturated rings. The predicted octanol–water partition coefficient (Wildman–Crippen LogP) is 6.62.